The van der Waals surface area contributed by atoms with Crippen LogP contribution in [0.1, 0.15) is 12.5 Å². The topological polar surface area (TPSA) is 96.0 Å². The van der Waals surface area contributed by atoms with E-state index < -0.39 is 28.5 Å². The second kappa shape index (κ2) is 12.0. The molecule has 3 aromatic carbocycles. The Hall–Kier alpha value is -3.37. The molecule has 3 aromatic rings. The fourth-order valence-corrected chi connectivity index (χ4v) is 5.28. The Kier molecular flexibility index (Phi) is 9.11. The van der Waals surface area contributed by atoms with E-state index in [-0.39, 0.29) is 23.0 Å². The van der Waals surface area contributed by atoms with Crippen molar-refractivity contribution in [1.82, 2.24) is 10.2 Å². The van der Waals surface area contributed by atoms with Crippen LogP contribution in [-0.4, -0.2) is 51.9 Å². The number of anilines is 1. The van der Waals surface area contributed by atoms with Crippen LogP contribution in [0.5, 0.6) is 5.75 Å². The highest BCUT2D eigenvalue weighted by atomic mass is 79.9. The summed E-state index contributed by atoms with van der Waals surface area (Å²) in [4.78, 5) is 27.6. The molecule has 0 radical (unpaired) electrons. The average Bonchev–Trinajstić information content (AvgIpc) is 2.90. The predicted octanol–water partition coefficient (Wildman–Crippen LogP) is 3.82. The molecule has 10 heteroatoms. The van der Waals surface area contributed by atoms with E-state index in [2.05, 4.69) is 21.2 Å². The number of hydrogen-bond acceptors (Lipinski definition) is 5. The first kappa shape index (κ1) is 27.2. The van der Waals surface area contributed by atoms with Gasteiger partial charge in [-0.2, -0.15) is 0 Å². The maximum absolute atomic E-state index is 13.7. The minimum atomic E-state index is -4.11. The molecule has 0 aliphatic carbocycles. The third-order valence-corrected chi connectivity index (χ3v) is 7.95. The number of amides is 2. The van der Waals surface area contributed by atoms with Gasteiger partial charge in [0.25, 0.3) is 10.0 Å². The third-order valence-electron chi connectivity index (χ3n) is 5.63. The van der Waals surface area contributed by atoms with E-state index in [0.717, 1.165) is 14.3 Å². The normalized spacial score (nSPS) is 11.9. The molecule has 1 unspecified atom stereocenters. The van der Waals surface area contributed by atoms with Gasteiger partial charge in [0.1, 0.15) is 18.3 Å². The van der Waals surface area contributed by atoms with E-state index >= 15 is 0 Å². The number of methoxy groups -OCH3 is 1. The van der Waals surface area contributed by atoms with Crippen molar-refractivity contribution in [1.29, 1.82) is 0 Å². The van der Waals surface area contributed by atoms with Crippen molar-refractivity contribution in [3.05, 3.63) is 88.9 Å². The van der Waals surface area contributed by atoms with Crippen molar-refractivity contribution >= 4 is 43.5 Å². The summed E-state index contributed by atoms with van der Waals surface area (Å²) in [6.07, 6.45) is 0. The Morgan fingerprint density at radius 1 is 1.00 bits per heavy atom. The Morgan fingerprint density at radius 2 is 1.67 bits per heavy atom. The van der Waals surface area contributed by atoms with Gasteiger partial charge in [-0.3, -0.25) is 13.9 Å². The van der Waals surface area contributed by atoms with Gasteiger partial charge in [-0.25, -0.2) is 8.42 Å². The monoisotopic (exact) mass is 573 g/mol. The van der Waals surface area contributed by atoms with Crippen LogP contribution < -0.4 is 14.4 Å². The Balaban J connectivity index is 2.03. The molecule has 0 saturated carbocycles. The van der Waals surface area contributed by atoms with Crippen LogP contribution in [0.2, 0.25) is 0 Å². The second-order valence-corrected chi connectivity index (χ2v) is 10.7. The molecular formula is C26H28BrN3O5S. The SMILES string of the molecule is CNC(=O)C(C)N(Cc1ccc(Br)cc1)C(=O)CN(c1cccc(OC)c1)S(=O)(=O)c1ccccc1. The van der Waals surface area contributed by atoms with Gasteiger partial charge in [0, 0.05) is 24.1 Å². The Morgan fingerprint density at radius 3 is 2.28 bits per heavy atom. The van der Waals surface area contributed by atoms with Crippen LogP contribution in [-0.2, 0) is 26.2 Å². The van der Waals surface area contributed by atoms with Gasteiger partial charge >= 0.3 is 0 Å². The minimum Gasteiger partial charge on any atom is -0.497 e. The molecule has 3 rings (SSSR count). The number of nitrogens with one attached hydrogen (secondary N) is 1. The van der Waals surface area contributed by atoms with Crippen LogP contribution in [0.3, 0.4) is 0 Å². The first-order chi connectivity index (χ1) is 17.2. The van der Waals surface area contributed by atoms with Gasteiger partial charge < -0.3 is 15.0 Å². The Labute approximate surface area is 220 Å². The molecule has 0 bridgehead atoms. The van der Waals surface area contributed by atoms with Crippen molar-refractivity contribution in [2.75, 3.05) is 25.0 Å². The zero-order valence-electron chi connectivity index (χ0n) is 20.2. The number of nitrogens with zero attached hydrogens (tertiary/aromatic N) is 2. The highest BCUT2D eigenvalue weighted by Crippen LogP contribution is 2.27. The van der Waals surface area contributed by atoms with Crippen molar-refractivity contribution in [2.24, 2.45) is 0 Å². The van der Waals surface area contributed by atoms with E-state index in [0.29, 0.717) is 5.75 Å². The fourth-order valence-electron chi connectivity index (χ4n) is 3.59. The molecule has 0 saturated heterocycles. The van der Waals surface area contributed by atoms with E-state index in [1.165, 1.54) is 31.2 Å². The van der Waals surface area contributed by atoms with Crippen molar-refractivity contribution < 1.29 is 22.7 Å². The van der Waals surface area contributed by atoms with Gasteiger partial charge in [-0.05, 0) is 48.9 Å². The number of carbonyl (C=O) groups excluding carboxylic acids is 2. The number of likely N-dealkylation sites (N-methyl/N-ethyl adjacent to an activating group) is 1. The maximum atomic E-state index is 13.7. The van der Waals surface area contributed by atoms with Crippen LogP contribution in [0, 0.1) is 0 Å². The van der Waals surface area contributed by atoms with E-state index in [1.54, 1.807) is 49.4 Å². The van der Waals surface area contributed by atoms with Gasteiger partial charge in [0.2, 0.25) is 11.8 Å². The highest BCUT2D eigenvalue weighted by Gasteiger charge is 2.32. The molecule has 2 amide bonds. The minimum absolute atomic E-state index is 0.0411. The van der Waals surface area contributed by atoms with Gasteiger partial charge in [0.15, 0.2) is 0 Å². The first-order valence-corrected chi connectivity index (χ1v) is 13.4. The van der Waals surface area contributed by atoms with E-state index in [1.807, 2.05) is 24.3 Å². The number of halogens is 1. The zero-order chi connectivity index (χ0) is 26.3. The van der Waals surface area contributed by atoms with E-state index in [9.17, 15) is 18.0 Å². The molecule has 0 aliphatic heterocycles. The molecule has 1 atom stereocenters. The van der Waals surface area contributed by atoms with Crippen LogP contribution >= 0.6 is 15.9 Å². The lowest BCUT2D eigenvalue weighted by molar-refractivity contribution is -0.139. The highest BCUT2D eigenvalue weighted by molar-refractivity contribution is 9.10. The summed E-state index contributed by atoms with van der Waals surface area (Å²) in [5, 5.41) is 2.56. The Bertz CT molecular complexity index is 1300. The zero-order valence-corrected chi connectivity index (χ0v) is 22.6. The molecule has 0 aromatic heterocycles. The summed E-state index contributed by atoms with van der Waals surface area (Å²) in [7, 11) is -1.15. The molecule has 0 spiro atoms. The predicted molar refractivity (Wildman–Crippen MR) is 142 cm³/mol. The summed E-state index contributed by atoms with van der Waals surface area (Å²) in [6.45, 7) is 1.22. The third kappa shape index (κ3) is 6.44. The standard InChI is InChI=1S/C26H28BrN3O5S/c1-19(26(32)28-2)29(17-20-12-14-21(27)15-13-20)25(31)18-30(22-8-7-9-23(16-22)35-3)36(33,34)24-10-5-4-6-11-24/h4-16,19H,17-18H2,1-3H3,(H,28,32). The van der Waals surface area contributed by atoms with Gasteiger partial charge in [0.05, 0.1) is 17.7 Å². The molecule has 0 heterocycles. The quantitative estimate of drug-likeness (QED) is 0.398. The summed E-state index contributed by atoms with van der Waals surface area (Å²) >= 11 is 3.39. The largest absolute Gasteiger partial charge is 0.497 e. The lowest BCUT2D eigenvalue weighted by Gasteiger charge is -2.31. The van der Waals surface area contributed by atoms with Crippen LogP contribution in [0.15, 0.2) is 88.2 Å². The average molecular weight is 574 g/mol. The smallest absolute Gasteiger partial charge is 0.264 e. The van der Waals surface area contributed by atoms with E-state index in [4.69, 9.17) is 4.74 Å². The molecule has 0 fully saturated rings. The summed E-state index contributed by atoms with van der Waals surface area (Å²) in [6, 6.07) is 20.9. The van der Waals surface area contributed by atoms with Gasteiger partial charge in [-0.15, -0.1) is 0 Å². The van der Waals surface area contributed by atoms with Crippen molar-refractivity contribution in [3.8, 4) is 5.75 Å². The number of benzene rings is 3. The molecule has 8 nitrogen and oxygen atoms in total. The second-order valence-electron chi connectivity index (χ2n) is 7.96. The van der Waals surface area contributed by atoms with Crippen molar-refractivity contribution in [2.45, 2.75) is 24.4 Å². The molecule has 36 heavy (non-hydrogen) atoms. The molecule has 190 valence electrons. The lowest BCUT2D eigenvalue weighted by Crippen LogP contribution is -2.50. The molecular weight excluding hydrogens is 546 g/mol. The molecule has 1 N–H and O–H groups in total. The first-order valence-electron chi connectivity index (χ1n) is 11.1. The number of hydrogen-bond donors (Lipinski definition) is 1. The van der Waals surface area contributed by atoms with Crippen molar-refractivity contribution in [3.63, 3.8) is 0 Å². The number of carbonyl (C=O) groups is 2. The number of rotatable bonds is 10. The molecule has 0 aliphatic rings. The summed E-state index contributed by atoms with van der Waals surface area (Å²) < 4.78 is 34.5. The summed E-state index contributed by atoms with van der Waals surface area (Å²) in [5.41, 5.74) is 1.06. The number of ether oxygens (including phenoxy) is 1. The fraction of sp³-hybridized carbons (Fsp3) is 0.231. The van der Waals surface area contributed by atoms with Crippen LogP contribution in [0.4, 0.5) is 5.69 Å². The van der Waals surface area contributed by atoms with Crippen LogP contribution in [0.25, 0.3) is 0 Å². The summed E-state index contributed by atoms with van der Waals surface area (Å²) in [5.74, 6) is -0.450. The lowest BCUT2D eigenvalue weighted by atomic mass is 10.1. The maximum Gasteiger partial charge on any atom is 0.264 e. The number of sulfonamides is 1. The van der Waals surface area contributed by atoms with Gasteiger partial charge in [-0.1, -0.05) is 52.3 Å².